The van der Waals surface area contributed by atoms with Crippen molar-refractivity contribution in [2.75, 3.05) is 87.6 Å². The zero-order chi connectivity index (χ0) is 76.5. The second-order valence-electron chi connectivity index (χ2n) is 24.9. The highest BCUT2D eigenvalue weighted by Gasteiger charge is 2.44. The van der Waals surface area contributed by atoms with E-state index >= 15 is 0 Å². The number of aliphatic hydroxyl groups is 2. The van der Waals surface area contributed by atoms with Crippen molar-refractivity contribution >= 4 is 92.3 Å². The first kappa shape index (κ1) is 75.8. The Labute approximate surface area is 597 Å². The summed E-state index contributed by atoms with van der Waals surface area (Å²) in [7, 11) is -4.05. The number of ether oxygens (including phenoxy) is 2. The molecule has 99 heavy (non-hydrogen) atoms. The molecule has 0 unspecified atom stereocenters. The fraction of sp³-hybridized carbons (Fsp3) is 0.530. The van der Waals surface area contributed by atoms with E-state index < -0.39 is 100 Å². The SMILES string of the molecule is C1CCNCC1.CC(C)(C)OC(=O)N1C[C@@H](O)C[C@@H]1C(=O)O.CC(C)(C)OC(=O)N1C[C@@H](OS(=O)(=O)c2ccccc2)C[C@@H]1C(=O)O.Cc1cc(Cl)n(-c2ccccc2)n1.Cc1cc(N2CCNCC2)n(-c2ccccc2)n1.O=C(O)[C@H]1C[C@H](O)CN1.O=C1CSC(=O)N1.[2H]C1([2H])CSC([2H])([2H])N1. The highest BCUT2D eigenvalue weighted by molar-refractivity contribution is 8.14. The van der Waals surface area contributed by atoms with E-state index in [-0.39, 0.29) is 47.7 Å². The zero-order valence-electron chi connectivity index (χ0n) is 60.7. The highest BCUT2D eigenvalue weighted by atomic mass is 35.5. The Kier molecular flexibility index (Phi) is 31.2. The Bertz CT molecular complexity index is 3630. The smallest absolute Gasteiger partial charge is 0.411 e. The second kappa shape index (κ2) is 40.8. The van der Waals surface area contributed by atoms with Gasteiger partial charge in [0.2, 0.25) is 5.91 Å². The van der Waals surface area contributed by atoms with Crippen LogP contribution >= 0.6 is 35.1 Å². The molecule has 7 saturated heterocycles. The number of halogens is 1. The van der Waals surface area contributed by atoms with E-state index in [2.05, 4.69) is 59.9 Å². The summed E-state index contributed by atoms with van der Waals surface area (Å²) in [6.07, 6.45) is 0.704. The number of hydrogen-bond acceptors (Lipinski definition) is 23. The Morgan fingerprint density at radius 1 is 0.657 bits per heavy atom. The zero-order valence-corrected chi connectivity index (χ0v) is 59.9. The molecule has 12 rings (SSSR count). The number of hydrogen-bond donors (Lipinski definition) is 10. The number of carbonyl (C=O) groups is 7. The monoisotopic (exact) mass is 1460 g/mol. The first-order valence-electron chi connectivity index (χ1n) is 33.9. The van der Waals surface area contributed by atoms with E-state index in [1.165, 1.54) is 50.3 Å². The minimum absolute atomic E-state index is 0.00583. The standard InChI is InChI=1S/C16H21NO7S.C14H18N4.C10H9ClN2.C10H17NO5.C5H9NO3.C5H11N.C3H3NO2S.C3H7NS/c1-16(2,3)23-15(20)17-10-11(9-13(17)14(18)19)24-25(21,22)12-7-5-4-6-8-12;1-12-11-14(17-9-7-15-8-10-17)18(16-12)13-5-3-2-4-6-13;1-8-7-10(11)13(12-8)9-5-3-2-4-6-9;1-10(2,3)16-9(15)11-5-6(12)4-7(11)8(13)14;7-3-1-4(5(8)9)6-2-3;1-2-4-6-5-3-1;5-2-1-7-3(6)4-2;1-2-5-3-4-1/h4-8,11,13H,9-10H2,1-3H3,(H,18,19);2-6,11,15H,7-10H2,1H3;2-7H,1H3;6-7,12H,4-5H2,1-3H3,(H,13,14);3-4,6-7H,1-2H2,(H,8,9);6H,1-5H2;1H2,(H,4,5,6);4H,1-3H2/t11-,13+;;;6-,7+;3-,4+;;;/m0..00.../s1/i;;;;;;;1D2,3D2. The summed E-state index contributed by atoms with van der Waals surface area (Å²) in [5.74, 6) is -3.35. The average molecular weight is 1460 g/mol. The third kappa shape index (κ3) is 29.8. The largest absolute Gasteiger partial charge is 0.480 e. The van der Waals surface area contributed by atoms with Crippen LogP contribution in [0.2, 0.25) is 5.15 Å². The molecule has 0 saturated carbocycles. The number of nitrogens with zero attached hydrogens (tertiary/aromatic N) is 7. The number of rotatable bonds is 9. The molecule has 0 radical (unpaired) electrons. The molecule has 0 spiro atoms. The van der Waals surface area contributed by atoms with Gasteiger partial charge in [-0.3, -0.25) is 33.7 Å². The number of imide groups is 1. The molecule has 7 fully saturated rings. The van der Waals surface area contributed by atoms with E-state index in [1.54, 1.807) is 64.4 Å². The average Bonchev–Trinajstić information content (AvgIpc) is 1.70. The molecule has 7 aliphatic heterocycles. The second-order valence-corrected chi connectivity index (χ2v) is 28.6. The van der Waals surface area contributed by atoms with Gasteiger partial charge in [0.25, 0.3) is 15.4 Å². The minimum Gasteiger partial charge on any atom is -0.480 e. The Morgan fingerprint density at radius 3 is 1.57 bits per heavy atom. The van der Waals surface area contributed by atoms with Gasteiger partial charge in [0.05, 0.1) is 67.6 Å². The number of nitrogens with one attached hydrogen (secondary N) is 5. The third-order valence-corrected chi connectivity index (χ3v) is 17.2. The van der Waals surface area contributed by atoms with Crippen LogP contribution in [0.4, 0.5) is 20.2 Å². The van der Waals surface area contributed by atoms with Crippen LogP contribution in [0.1, 0.15) is 96.9 Å². The van der Waals surface area contributed by atoms with Gasteiger partial charge in [-0.15, -0.1) is 11.8 Å². The molecule has 3 aromatic carbocycles. The Balaban J connectivity index is 0.000000220. The first-order chi connectivity index (χ1) is 48.2. The van der Waals surface area contributed by atoms with Crippen LogP contribution in [-0.2, 0) is 43.0 Å². The maximum absolute atomic E-state index is 12.3. The first-order valence-corrected chi connectivity index (χ1v) is 35.7. The predicted octanol–water partition coefficient (Wildman–Crippen LogP) is 6.52. The number of carbonyl (C=O) groups excluding carboxylic acids is 4. The van der Waals surface area contributed by atoms with Crippen LogP contribution in [0.5, 0.6) is 0 Å². The van der Waals surface area contributed by atoms with Gasteiger partial charge < -0.3 is 61.2 Å². The van der Waals surface area contributed by atoms with Crippen molar-refractivity contribution < 1.29 is 86.7 Å². The van der Waals surface area contributed by atoms with Crippen LogP contribution in [0, 0.1) is 13.8 Å². The number of piperazine rings is 1. The summed E-state index contributed by atoms with van der Waals surface area (Å²) in [6, 6.07) is 28.9. The van der Waals surface area contributed by atoms with Gasteiger partial charge in [0, 0.05) is 78.9 Å². The van der Waals surface area contributed by atoms with Gasteiger partial charge in [-0.05, 0) is 124 Å². The van der Waals surface area contributed by atoms with Gasteiger partial charge in [-0.25, -0.2) is 28.5 Å². The van der Waals surface area contributed by atoms with Crippen molar-refractivity contribution in [3.05, 3.63) is 120 Å². The van der Waals surface area contributed by atoms with Crippen molar-refractivity contribution in [2.45, 2.75) is 146 Å². The number of β-amino-alcohol motifs (C(OH)–C–C–N with tert-alkyl or cyclic N) is 2. The highest BCUT2D eigenvalue weighted by Crippen LogP contribution is 2.28. The predicted molar refractivity (Wildman–Crippen MR) is 377 cm³/mol. The number of benzene rings is 3. The number of aryl methyl sites for hydroxylation is 2. The summed E-state index contributed by atoms with van der Waals surface area (Å²) in [6.45, 7) is 19.4. The summed E-state index contributed by atoms with van der Waals surface area (Å²) < 4.78 is 71.8. The number of aliphatic hydroxyl groups excluding tert-OH is 2. The van der Waals surface area contributed by atoms with Gasteiger partial charge in [0.1, 0.15) is 40.3 Å². The number of aromatic nitrogens is 4. The number of likely N-dealkylation sites (tertiary alicyclic amines) is 2. The number of carboxylic acid groups (broad SMARTS) is 3. The number of carboxylic acids is 3. The normalized spacial score (nSPS) is 22.6. The number of aliphatic carboxylic acids is 3. The van der Waals surface area contributed by atoms with E-state index in [0.29, 0.717) is 23.9 Å². The Morgan fingerprint density at radius 2 is 1.17 bits per heavy atom. The maximum atomic E-state index is 12.3. The molecule has 0 aliphatic carbocycles. The van der Waals surface area contributed by atoms with E-state index in [4.69, 9.17) is 46.1 Å². The molecule has 9 heterocycles. The van der Waals surface area contributed by atoms with Crippen molar-refractivity contribution in [3.8, 4) is 11.4 Å². The lowest BCUT2D eigenvalue weighted by Crippen LogP contribution is -2.44. The summed E-state index contributed by atoms with van der Waals surface area (Å²) in [5, 5.41) is 67.6. The number of para-hydroxylation sites is 2. The maximum Gasteiger partial charge on any atom is 0.411 e. The molecule has 2 aromatic heterocycles. The molecular formula is C66H95ClN12O17S3. The van der Waals surface area contributed by atoms with E-state index in [0.717, 1.165) is 82.3 Å². The van der Waals surface area contributed by atoms with Gasteiger partial charge >= 0.3 is 30.1 Å². The lowest BCUT2D eigenvalue weighted by molar-refractivity contribution is -0.142. The van der Waals surface area contributed by atoms with Gasteiger partial charge in [-0.2, -0.15) is 18.6 Å². The number of amides is 4. The molecule has 29 nitrogen and oxygen atoms in total. The van der Waals surface area contributed by atoms with Crippen molar-refractivity contribution in [1.29, 1.82) is 0 Å². The molecule has 5 aromatic rings. The van der Waals surface area contributed by atoms with Crippen LogP contribution in [0.3, 0.4) is 0 Å². The lowest BCUT2D eigenvalue weighted by Gasteiger charge is -2.29. The summed E-state index contributed by atoms with van der Waals surface area (Å²) >= 11 is 7.94. The molecule has 10 N–H and O–H groups in total. The molecule has 4 amide bonds. The van der Waals surface area contributed by atoms with E-state index in [9.17, 15) is 52.2 Å². The summed E-state index contributed by atoms with van der Waals surface area (Å²) in [5.41, 5.74) is 2.63. The third-order valence-electron chi connectivity index (χ3n) is 14.3. The fourth-order valence-corrected chi connectivity index (χ4v) is 12.1. The molecule has 33 heteroatoms. The quantitative estimate of drug-likeness (QED) is 0.0702. The molecule has 7 aliphatic rings. The fourth-order valence-electron chi connectivity index (χ4n) is 9.80. The van der Waals surface area contributed by atoms with Crippen LogP contribution < -0.4 is 31.5 Å². The molecule has 6 atom stereocenters. The molecule has 546 valence electrons. The molecular weight excluding hydrogens is 1360 g/mol. The van der Waals surface area contributed by atoms with Crippen LogP contribution in [0.15, 0.2) is 108 Å². The molecule has 0 bridgehead atoms. The van der Waals surface area contributed by atoms with E-state index in [1.807, 2.05) is 73.1 Å². The minimum atomic E-state index is -4.05. The summed E-state index contributed by atoms with van der Waals surface area (Å²) in [4.78, 5) is 80.9. The number of piperidine rings is 1. The topological polar surface area (TPSA) is 388 Å². The Hall–Kier alpha value is -7.37. The van der Waals surface area contributed by atoms with Gasteiger partial charge in [0.15, 0.2) is 0 Å². The van der Waals surface area contributed by atoms with Crippen molar-refractivity contribution in [1.82, 2.24) is 55.9 Å². The van der Waals surface area contributed by atoms with Crippen LogP contribution in [0.25, 0.3) is 11.4 Å². The van der Waals surface area contributed by atoms with Crippen molar-refractivity contribution in [3.63, 3.8) is 0 Å². The lowest BCUT2D eigenvalue weighted by atomic mass is 10.2. The van der Waals surface area contributed by atoms with Gasteiger partial charge in [-0.1, -0.05) is 84.4 Å². The van der Waals surface area contributed by atoms with Crippen molar-refractivity contribution in [2.24, 2.45) is 0 Å². The number of thioether (sulfide) groups is 2. The van der Waals surface area contributed by atoms with Crippen LogP contribution in [-0.4, -0.2) is 235 Å². The number of anilines is 1.